The standard InChI is InChI=1S/C70H101BrClF3N12O12/c1-14-44(6)59-66(97)81(9)40-57(90)79(7)41-58(91)83(11)53(37-46-22-20-23-47(71)35-46)64(95)80(8)39-55(88)76-50(28-26-45-25-27-48(49(72)36-45)70(73,74)75)63(94)87-33-21-24-51(87)62(93)78-69(29-16-17-30-69)68(99)85(13)60(43(4)5)67(98)84(12)54(65(96)86-31-18-15-19-32-86)38-56(89)82(10)52(34-42(2)3)61(92)77-59/h20,22-23,25,27,35-36,42-44,50-54,59-60H,14-19,21,24,26,28-34,37-41H2,1-13H3,(H,76,88)(H,77,92)(H,78,93)/t44-,50-,51-,52-,53-,54-,59-,60-/m0/s1. The van der Waals surface area contributed by atoms with Crippen LogP contribution in [0.1, 0.15) is 142 Å². The van der Waals surface area contributed by atoms with Gasteiger partial charge in [-0.15, -0.1) is 0 Å². The first kappa shape index (κ1) is 80.6. The lowest BCUT2D eigenvalue weighted by Crippen LogP contribution is -2.65. The van der Waals surface area contributed by atoms with Gasteiger partial charge in [0, 0.05) is 79.9 Å². The summed E-state index contributed by atoms with van der Waals surface area (Å²) in [5, 5.41) is 8.02. The third-order valence-corrected chi connectivity index (χ3v) is 20.7. The van der Waals surface area contributed by atoms with Crippen LogP contribution in [-0.4, -0.2) is 251 Å². The van der Waals surface area contributed by atoms with E-state index in [1.807, 2.05) is 20.8 Å². The Hall–Kier alpha value is -7.36. The molecule has 4 fully saturated rings. The summed E-state index contributed by atoms with van der Waals surface area (Å²) >= 11 is 9.59. The van der Waals surface area contributed by atoms with Crippen LogP contribution in [0.2, 0.25) is 5.02 Å². The fourth-order valence-electron chi connectivity index (χ4n) is 13.7. The average molecular weight is 1480 g/mol. The highest BCUT2D eigenvalue weighted by molar-refractivity contribution is 9.10. The van der Waals surface area contributed by atoms with Gasteiger partial charge < -0.3 is 60.0 Å². The quantitative estimate of drug-likeness (QED) is 0.251. The zero-order chi connectivity index (χ0) is 73.7. The number of carbonyl (C=O) groups excluding carboxylic acids is 12. The summed E-state index contributed by atoms with van der Waals surface area (Å²) < 4.78 is 42.2. The number of amides is 12. The summed E-state index contributed by atoms with van der Waals surface area (Å²) in [5.41, 5.74) is -1.81. The van der Waals surface area contributed by atoms with Crippen molar-refractivity contribution in [3.8, 4) is 0 Å². The van der Waals surface area contributed by atoms with E-state index in [9.17, 15) is 51.5 Å². The van der Waals surface area contributed by atoms with Crippen molar-refractivity contribution >= 4 is 98.4 Å². The van der Waals surface area contributed by atoms with Gasteiger partial charge in [0.1, 0.15) is 47.8 Å². The summed E-state index contributed by atoms with van der Waals surface area (Å²) in [6, 6.07) is 0.954. The maximum Gasteiger partial charge on any atom is 0.417 e. The second kappa shape index (κ2) is 35.3. The Morgan fingerprint density at radius 2 is 1.28 bits per heavy atom. The van der Waals surface area contributed by atoms with Gasteiger partial charge in [0.15, 0.2) is 0 Å². The summed E-state index contributed by atoms with van der Waals surface area (Å²) in [5.74, 6) is -9.59. The fourth-order valence-corrected chi connectivity index (χ4v) is 14.5. The molecule has 0 radical (unpaired) electrons. The van der Waals surface area contributed by atoms with Crippen LogP contribution in [0.5, 0.6) is 0 Å². The topological polar surface area (TPSA) is 270 Å². The molecule has 29 heteroatoms. The molecule has 6 rings (SSSR count). The van der Waals surface area contributed by atoms with Crippen LogP contribution in [0, 0.1) is 17.8 Å². The minimum absolute atomic E-state index is 0.0119. The summed E-state index contributed by atoms with van der Waals surface area (Å²) in [4.78, 5) is 189. The zero-order valence-corrected chi connectivity index (χ0v) is 61.8. The van der Waals surface area contributed by atoms with Gasteiger partial charge in [-0.25, -0.2) is 0 Å². The van der Waals surface area contributed by atoms with Crippen LogP contribution >= 0.6 is 27.5 Å². The Kier molecular flexibility index (Phi) is 28.7. The fraction of sp³-hybridized carbons (Fsp3) is 0.657. The molecule has 548 valence electrons. The van der Waals surface area contributed by atoms with E-state index in [1.54, 1.807) is 49.9 Å². The van der Waals surface area contributed by atoms with E-state index in [4.69, 9.17) is 11.6 Å². The summed E-state index contributed by atoms with van der Waals surface area (Å²) in [6.45, 7) is 9.60. The Bertz CT molecular complexity index is 3290. The molecule has 2 aromatic carbocycles. The van der Waals surface area contributed by atoms with Gasteiger partial charge in [0.2, 0.25) is 70.9 Å². The Morgan fingerprint density at radius 3 is 1.88 bits per heavy atom. The number of nitrogens with zero attached hydrogens (tertiary/aromatic N) is 9. The third kappa shape index (κ3) is 20.4. The maximum atomic E-state index is 15.4. The lowest BCUT2D eigenvalue weighted by molar-refractivity contribution is -0.156. The summed E-state index contributed by atoms with van der Waals surface area (Å²) in [7, 11) is 9.64. The summed E-state index contributed by atoms with van der Waals surface area (Å²) in [6.07, 6.45) is -1.37. The molecule has 1 aliphatic carbocycles. The normalized spacial score (nSPS) is 24.9. The number of likely N-dealkylation sites (N-methyl/N-ethyl adjacent to an activating group) is 7. The molecule has 2 aromatic rings. The number of hydrogen-bond donors (Lipinski definition) is 3. The molecule has 1 spiro atoms. The van der Waals surface area contributed by atoms with Crippen LogP contribution in [0.15, 0.2) is 46.9 Å². The van der Waals surface area contributed by atoms with Gasteiger partial charge in [-0.3, -0.25) is 57.5 Å². The smallest absolute Gasteiger partial charge is 0.343 e. The number of nitrogens with one attached hydrogen (secondary N) is 3. The van der Waals surface area contributed by atoms with Crippen molar-refractivity contribution in [2.75, 3.05) is 88.6 Å². The number of halogens is 5. The Morgan fingerprint density at radius 1 is 0.657 bits per heavy atom. The number of fused-ring (bicyclic) bond motifs is 1. The van der Waals surface area contributed by atoms with Gasteiger partial charge >= 0.3 is 6.18 Å². The largest absolute Gasteiger partial charge is 0.417 e. The minimum Gasteiger partial charge on any atom is -0.343 e. The van der Waals surface area contributed by atoms with E-state index >= 15 is 19.2 Å². The molecule has 3 heterocycles. The molecule has 24 nitrogen and oxygen atoms in total. The van der Waals surface area contributed by atoms with Crippen molar-refractivity contribution in [3.05, 3.63) is 68.7 Å². The number of hydrogen-bond acceptors (Lipinski definition) is 12. The van der Waals surface area contributed by atoms with E-state index < -0.39 is 173 Å². The molecule has 99 heavy (non-hydrogen) atoms. The van der Waals surface area contributed by atoms with Crippen LogP contribution in [0.4, 0.5) is 13.2 Å². The van der Waals surface area contributed by atoms with Crippen molar-refractivity contribution in [2.45, 2.75) is 192 Å². The molecule has 4 aliphatic rings. The zero-order valence-electron chi connectivity index (χ0n) is 59.5. The molecular weight excluding hydrogens is 1370 g/mol. The molecule has 8 atom stereocenters. The lowest BCUT2D eigenvalue weighted by Gasteiger charge is -2.42. The number of alkyl halides is 3. The van der Waals surface area contributed by atoms with Gasteiger partial charge in [-0.1, -0.05) is 107 Å². The second-order valence-electron chi connectivity index (χ2n) is 28.1. The first-order valence-electron chi connectivity index (χ1n) is 34.3. The molecule has 0 bridgehead atoms. The number of rotatable bonds is 11. The van der Waals surface area contributed by atoms with Crippen LogP contribution in [-0.2, 0) is 76.6 Å². The van der Waals surface area contributed by atoms with Gasteiger partial charge in [0.25, 0.3) is 0 Å². The predicted octanol–water partition coefficient (Wildman–Crippen LogP) is 5.53. The highest BCUT2D eigenvalue weighted by atomic mass is 79.9. The van der Waals surface area contributed by atoms with E-state index in [1.165, 1.54) is 75.0 Å². The molecule has 1 saturated carbocycles. The number of piperidine rings is 1. The Labute approximate surface area is 593 Å². The lowest BCUT2D eigenvalue weighted by atomic mass is 9.91. The minimum atomic E-state index is -4.77. The highest BCUT2D eigenvalue weighted by Crippen LogP contribution is 2.37. The monoisotopic (exact) mass is 1470 g/mol. The predicted molar refractivity (Wildman–Crippen MR) is 368 cm³/mol. The molecule has 3 N–H and O–H groups in total. The number of aryl methyl sites for hydroxylation is 1. The van der Waals surface area contributed by atoms with Crippen molar-refractivity contribution in [2.24, 2.45) is 17.8 Å². The van der Waals surface area contributed by atoms with Gasteiger partial charge in [-0.2, -0.15) is 13.2 Å². The molecule has 3 aliphatic heterocycles. The van der Waals surface area contributed by atoms with Crippen molar-refractivity contribution in [3.63, 3.8) is 0 Å². The first-order chi connectivity index (χ1) is 46.4. The van der Waals surface area contributed by atoms with Crippen molar-refractivity contribution in [1.82, 2.24) is 60.0 Å². The maximum absolute atomic E-state index is 15.4. The average Bonchev–Trinajstić information content (AvgIpc) is 1.75. The highest BCUT2D eigenvalue weighted by Gasteiger charge is 2.51. The van der Waals surface area contributed by atoms with E-state index in [-0.39, 0.29) is 63.0 Å². The van der Waals surface area contributed by atoms with Crippen LogP contribution in [0.25, 0.3) is 0 Å². The van der Waals surface area contributed by atoms with Crippen LogP contribution in [0.3, 0.4) is 0 Å². The molecule has 0 unspecified atom stereocenters. The second-order valence-corrected chi connectivity index (χ2v) is 29.4. The van der Waals surface area contributed by atoms with Gasteiger partial charge in [0.05, 0.1) is 36.6 Å². The van der Waals surface area contributed by atoms with Crippen molar-refractivity contribution < 1.29 is 70.7 Å². The molecule has 12 amide bonds. The van der Waals surface area contributed by atoms with E-state index in [2.05, 4.69) is 31.9 Å². The number of carbonyl (C=O) groups is 12. The van der Waals surface area contributed by atoms with Gasteiger partial charge in [-0.05, 0) is 117 Å². The molecule has 0 aromatic heterocycles. The number of likely N-dealkylation sites (tertiary alicyclic amines) is 1. The third-order valence-electron chi connectivity index (χ3n) is 19.9. The first-order valence-corrected chi connectivity index (χ1v) is 35.5. The SMILES string of the molecule is CC[C@H](C)[C@@H]1NC(=O)[C@H](CC(C)C)N(C)C(=O)C[C@@H](C(=O)N2CCCCC2)N(C)C(=O)[C@H](C(C)C)N(C)C(=O)C2(CCCC2)NC(=O)[C@@H]2CCCN2C(=O)[C@H](CCc2ccc(C(F)(F)F)c(Cl)c2)NC(=O)CN(C)C(=O)[C@H](Cc2cccc(Br)c2)N(C)C(=O)CN(C)C(=O)CN(C)C1=O. The number of benzene rings is 2. The molecule has 3 saturated heterocycles. The van der Waals surface area contributed by atoms with E-state index in [0.29, 0.717) is 61.7 Å². The van der Waals surface area contributed by atoms with Crippen LogP contribution < -0.4 is 16.0 Å². The van der Waals surface area contributed by atoms with E-state index in [0.717, 1.165) is 38.2 Å². The molecular formula is C70H101BrClF3N12O12. The van der Waals surface area contributed by atoms with Crippen molar-refractivity contribution in [1.29, 1.82) is 0 Å². The Balaban J connectivity index is 1.43.